The van der Waals surface area contributed by atoms with E-state index in [0.717, 1.165) is 19.2 Å². The fraction of sp³-hybridized carbons (Fsp3) is 0.714. The van der Waals surface area contributed by atoms with Crippen LogP contribution in [0, 0.1) is 5.82 Å². The van der Waals surface area contributed by atoms with Crippen molar-refractivity contribution in [2.45, 2.75) is 58.3 Å². The number of rotatable bonds is 10. The first-order valence-corrected chi connectivity index (χ1v) is 7.53. The molecular weight excluding hydrogens is 265 g/mol. The summed E-state index contributed by atoms with van der Waals surface area (Å²) >= 11 is 5.61. The summed E-state index contributed by atoms with van der Waals surface area (Å²) in [4.78, 5) is 7.38. The number of nitrogens with one attached hydrogen (secondary N) is 1. The largest absolute Gasteiger partial charge is 0.367 e. The number of halogens is 2. The zero-order valence-electron chi connectivity index (χ0n) is 11.6. The molecule has 3 nitrogen and oxygen atoms in total. The van der Waals surface area contributed by atoms with Crippen LogP contribution in [0.1, 0.15) is 58.3 Å². The van der Waals surface area contributed by atoms with Crippen molar-refractivity contribution in [3.63, 3.8) is 0 Å². The molecule has 0 saturated carbocycles. The molecule has 0 aliphatic rings. The monoisotopic (exact) mass is 287 g/mol. The molecule has 0 radical (unpaired) electrons. The van der Waals surface area contributed by atoms with Crippen molar-refractivity contribution in [3.05, 3.63) is 17.3 Å². The molecule has 1 heterocycles. The Morgan fingerprint density at radius 3 is 2.42 bits per heavy atom. The summed E-state index contributed by atoms with van der Waals surface area (Å²) in [6.45, 7) is 2.95. The molecule has 0 spiro atoms. The van der Waals surface area contributed by atoms with E-state index >= 15 is 0 Å². The van der Waals surface area contributed by atoms with Crippen molar-refractivity contribution in [3.8, 4) is 0 Å². The quantitative estimate of drug-likeness (QED) is 0.495. The maximum Gasteiger partial charge on any atom is 0.224 e. The van der Waals surface area contributed by atoms with Crippen LogP contribution in [0.15, 0.2) is 6.20 Å². The van der Waals surface area contributed by atoms with E-state index in [4.69, 9.17) is 11.6 Å². The fourth-order valence-electron chi connectivity index (χ4n) is 1.94. The molecule has 0 saturated heterocycles. The maximum atomic E-state index is 13.3. The van der Waals surface area contributed by atoms with Crippen LogP contribution in [0.25, 0.3) is 0 Å². The van der Waals surface area contributed by atoms with Gasteiger partial charge in [-0.3, -0.25) is 0 Å². The highest BCUT2D eigenvalue weighted by Crippen LogP contribution is 2.13. The van der Waals surface area contributed by atoms with Crippen molar-refractivity contribution in [2.75, 3.05) is 11.9 Å². The van der Waals surface area contributed by atoms with E-state index in [1.54, 1.807) is 0 Å². The minimum atomic E-state index is -0.455. The molecule has 1 aromatic heterocycles. The molecule has 5 heteroatoms. The van der Waals surface area contributed by atoms with Gasteiger partial charge >= 0.3 is 0 Å². The molecule has 0 unspecified atom stereocenters. The van der Waals surface area contributed by atoms with E-state index in [9.17, 15) is 4.39 Å². The van der Waals surface area contributed by atoms with Gasteiger partial charge in [-0.05, 0) is 18.0 Å². The minimum Gasteiger partial charge on any atom is -0.367 e. The smallest absolute Gasteiger partial charge is 0.224 e. The number of unbranched alkanes of at least 4 members (excludes halogenated alkanes) is 7. The number of hydrogen-bond donors (Lipinski definition) is 1. The van der Waals surface area contributed by atoms with Gasteiger partial charge in [0.1, 0.15) is 0 Å². The van der Waals surface area contributed by atoms with Crippen LogP contribution in [-0.2, 0) is 0 Å². The summed E-state index contributed by atoms with van der Waals surface area (Å²) in [5.41, 5.74) is 0. The zero-order valence-corrected chi connectivity index (χ0v) is 12.3. The van der Waals surface area contributed by atoms with E-state index in [1.165, 1.54) is 44.9 Å². The lowest BCUT2D eigenvalue weighted by Crippen LogP contribution is -2.06. The van der Waals surface area contributed by atoms with Gasteiger partial charge in [-0.25, -0.2) is 9.37 Å². The van der Waals surface area contributed by atoms with Crippen molar-refractivity contribution in [2.24, 2.45) is 0 Å². The molecule has 1 N–H and O–H groups in total. The van der Waals surface area contributed by atoms with Crippen LogP contribution in [0.2, 0.25) is 5.28 Å². The number of hydrogen-bond acceptors (Lipinski definition) is 3. The van der Waals surface area contributed by atoms with E-state index < -0.39 is 5.82 Å². The lowest BCUT2D eigenvalue weighted by atomic mass is 10.1. The van der Waals surface area contributed by atoms with Crippen LogP contribution >= 0.6 is 11.6 Å². The van der Waals surface area contributed by atoms with Crippen molar-refractivity contribution >= 4 is 17.4 Å². The highest BCUT2D eigenvalue weighted by molar-refractivity contribution is 6.28. The second-order valence-electron chi connectivity index (χ2n) is 4.74. The van der Waals surface area contributed by atoms with Gasteiger partial charge in [0, 0.05) is 6.54 Å². The Bertz CT molecular complexity index is 361. The summed E-state index contributed by atoms with van der Waals surface area (Å²) in [6, 6.07) is 0. The van der Waals surface area contributed by atoms with Crippen LogP contribution in [-0.4, -0.2) is 16.5 Å². The van der Waals surface area contributed by atoms with Crippen molar-refractivity contribution in [1.82, 2.24) is 9.97 Å². The first-order chi connectivity index (χ1) is 9.24. The number of aromatic nitrogens is 2. The Morgan fingerprint density at radius 1 is 1.11 bits per heavy atom. The molecule has 0 fully saturated rings. The Hall–Kier alpha value is -0.900. The Labute approximate surface area is 120 Å². The van der Waals surface area contributed by atoms with Gasteiger partial charge in [-0.2, -0.15) is 4.98 Å². The molecule has 1 rings (SSSR count). The Morgan fingerprint density at radius 2 is 1.74 bits per heavy atom. The van der Waals surface area contributed by atoms with Gasteiger partial charge in [0.2, 0.25) is 5.28 Å². The molecule has 0 aromatic carbocycles. The lowest BCUT2D eigenvalue weighted by Gasteiger charge is -2.06. The first kappa shape index (κ1) is 16.2. The third-order valence-corrected chi connectivity index (χ3v) is 3.22. The third kappa shape index (κ3) is 7.31. The maximum absolute atomic E-state index is 13.3. The molecule has 0 atom stereocenters. The summed E-state index contributed by atoms with van der Waals surface area (Å²) in [5, 5.41) is 3.02. The summed E-state index contributed by atoms with van der Waals surface area (Å²) in [5.74, 6) is -0.257. The standard InChI is InChI=1S/C14H23ClFN3/c1-2-3-4-5-6-7-8-9-10-17-13-12(16)11-18-14(15)19-13/h11H,2-10H2,1H3,(H,17,18,19). The average Bonchev–Trinajstić information content (AvgIpc) is 2.40. The van der Waals surface area contributed by atoms with E-state index in [-0.39, 0.29) is 11.1 Å². The molecule has 19 heavy (non-hydrogen) atoms. The van der Waals surface area contributed by atoms with E-state index in [1.807, 2.05) is 0 Å². The molecule has 0 bridgehead atoms. The van der Waals surface area contributed by atoms with Gasteiger partial charge < -0.3 is 5.32 Å². The molecule has 0 aliphatic heterocycles. The minimum absolute atomic E-state index is 0.0693. The van der Waals surface area contributed by atoms with Crippen molar-refractivity contribution in [1.29, 1.82) is 0 Å². The van der Waals surface area contributed by atoms with E-state index in [2.05, 4.69) is 22.2 Å². The second-order valence-corrected chi connectivity index (χ2v) is 5.08. The highest BCUT2D eigenvalue weighted by atomic mass is 35.5. The summed E-state index contributed by atoms with van der Waals surface area (Å²) in [6.07, 6.45) is 11.1. The number of anilines is 1. The van der Waals surface area contributed by atoms with Gasteiger partial charge in [-0.15, -0.1) is 0 Å². The predicted octanol–water partition coefficient (Wildman–Crippen LogP) is 4.82. The predicted molar refractivity (Wildman–Crippen MR) is 78.1 cm³/mol. The zero-order chi connectivity index (χ0) is 13.9. The number of nitrogens with zero attached hydrogens (tertiary/aromatic N) is 2. The first-order valence-electron chi connectivity index (χ1n) is 7.16. The SMILES string of the molecule is CCCCCCCCCCNc1nc(Cl)ncc1F. The molecule has 1 aromatic rings. The molecular formula is C14H23ClFN3. The second kappa shape index (κ2) is 9.96. The summed E-state index contributed by atoms with van der Waals surface area (Å²) < 4.78 is 13.3. The fourth-order valence-corrected chi connectivity index (χ4v) is 2.07. The van der Waals surface area contributed by atoms with Gasteiger partial charge in [0.05, 0.1) is 6.20 Å². The normalized spacial score (nSPS) is 10.7. The third-order valence-electron chi connectivity index (χ3n) is 3.04. The van der Waals surface area contributed by atoms with Gasteiger partial charge in [0.25, 0.3) is 0 Å². The van der Waals surface area contributed by atoms with Crippen LogP contribution in [0.5, 0.6) is 0 Å². The van der Waals surface area contributed by atoms with Crippen LogP contribution < -0.4 is 5.32 Å². The average molecular weight is 288 g/mol. The Kier molecular flexibility index (Phi) is 8.47. The van der Waals surface area contributed by atoms with Crippen LogP contribution in [0.4, 0.5) is 10.2 Å². The van der Waals surface area contributed by atoms with Crippen molar-refractivity contribution < 1.29 is 4.39 Å². The van der Waals surface area contributed by atoms with Gasteiger partial charge in [0.15, 0.2) is 11.6 Å². The lowest BCUT2D eigenvalue weighted by molar-refractivity contribution is 0.579. The summed E-state index contributed by atoms with van der Waals surface area (Å²) in [7, 11) is 0. The highest BCUT2D eigenvalue weighted by Gasteiger charge is 2.04. The molecule has 0 amide bonds. The van der Waals surface area contributed by atoms with Crippen LogP contribution in [0.3, 0.4) is 0 Å². The Balaban J connectivity index is 2.03. The van der Waals surface area contributed by atoms with Gasteiger partial charge in [-0.1, -0.05) is 51.9 Å². The molecule has 108 valence electrons. The molecule has 0 aliphatic carbocycles. The van der Waals surface area contributed by atoms with E-state index in [0.29, 0.717) is 0 Å². The topological polar surface area (TPSA) is 37.8 Å².